The third-order valence-corrected chi connectivity index (χ3v) is 8.42. The lowest BCUT2D eigenvalue weighted by Crippen LogP contribution is -2.16. The average Bonchev–Trinajstić information content (AvgIpc) is 3.40. The molecule has 27 heavy (non-hydrogen) atoms. The van der Waals surface area contributed by atoms with Gasteiger partial charge in [0.15, 0.2) is 9.84 Å². The third kappa shape index (κ3) is 3.41. The summed E-state index contributed by atoms with van der Waals surface area (Å²) in [5.74, 6) is 0.742. The zero-order chi connectivity index (χ0) is 19.2. The van der Waals surface area contributed by atoms with Gasteiger partial charge in [0, 0.05) is 36.3 Å². The standard InChI is InChI=1S/C20H22N2O3S2/c1-3-27(24,25)18-10-16(19(26-18)21-11-13-8-9-13)17-12-22(2)20(23)15-7-5-4-6-14(15)17/h4-7,10,12-13,21H,3,8-9,11H2,1-2H3. The van der Waals surface area contributed by atoms with Gasteiger partial charge in [0.25, 0.3) is 5.56 Å². The summed E-state index contributed by atoms with van der Waals surface area (Å²) in [4.78, 5) is 12.5. The Kier molecular flexibility index (Phi) is 4.60. The number of rotatable bonds is 6. The van der Waals surface area contributed by atoms with E-state index in [2.05, 4.69) is 5.32 Å². The first-order valence-corrected chi connectivity index (χ1v) is 11.6. The fraction of sp³-hybridized carbons (Fsp3) is 0.350. The smallest absolute Gasteiger partial charge is 0.258 e. The molecule has 142 valence electrons. The van der Waals surface area contributed by atoms with Gasteiger partial charge in [-0.15, -0.1) is 11.3 Å². The van der Waals surface area contributed by atoms with Crippen molar-refractivity contribution in [3.8, 4) is 11.1 Å². The lowest BCUT2D eigenvalue weighted by atomic mass is 10.0. The van der Waals surface area contributed by atoms with Crippen LogP contribution in [0.3, 0.4) is 0 Å². The summed E-state index contributed by atoms with van der Waals surface area (Å²) < 4.78 is 26.9. The van der Waals surface area contributed by atoms with Gasteiger partial charge in [0.05, 0.1) is 10.8 Å². The first kappa shape index (κ1) is 18.3. The summed E-state index contributed by atoms with van der Waals surface area (Å²) in [7, 11) is -1.56. The Bertz CT molecular complexity index is 1170. The number of benzene rings is 1. The molecule has 1 saturated carbocycles. The highest BCUT2D eigenvalue weighted by Crippen LogP contribution is 2.42. The van der Waals surface area contributed by atoms with Crippen LogP contribution < -0.4 is 10.9 Å². The number of nitrogens with one attached hydrogen (secondary N) is 1. The molecule has 0 saturated heterocycles. The maximum absolute atomic E-state index is 12.5. The Balaban J connectivity index is 1.93. The van der Waals surface area contributed by atoms with Gasteiger partial charge < -0.3 is 9.88 Å². The molecule has 7 heteroatoms. The molecule has 1 fully saturated rings. The highest BCUT2D eigenvalue weighted by molar-refractivity contribution is 7.93. The summed E-state index contributed by atoms with van der Waals surface area (Å²) in [6.45, 7) is 2.51. The number of thiophene rings is 1. The Morgan fingerprint density at radius 3 is 2.56 bits per heavy atom. The zero-order valence-electron chi connectivity index (χ0n) is 15.4. The molecule has 2 aromatic heterocycles. The molecular formula is C20H22N2O3S2. The van der Waals surface area contributed by atoms with Crippen LogP contribution in [0.15, 0.2) is 45.5 Å². The molecule has 4 rings (SSSR count). The van der Waals surface area contributed by atoms with Gasteiger partial charge in [-0.2, -0.15) is 0 Å². The summed E-state index contributed by atoms with van der Waals surface area (Å²) in [5, 5.41) is 5.79. The number of anilines is 1. The van der Waals surface area contributed by atoms with E-state index in [4.69, 9.17) is 0 Å². The van der Waals surface area contributed by atoms with E-state index in [0.717, 1.165) is 28.1 Å². The molecule has 0 amide bonds. The van der Waals surface area contributed by atoms with Crippen molar-refractivity contribution < 1.29 is 8.42 Å². The Labute approximate surface area is 162 Å². The van der Waals surface area contributed by atoms with Crippen LogP contribution in [0.1, 0.15) is 19.8 Å². The van der Waals surface area contributed by atoms with Crippen molar-refractivity contribution in [1.82, 2.24) is 4.57 Å². The van der Waals surface area contributed by atoms with Gasteiger partial charge in [-0.25, -0.2) is 8.42 Å². The summed E-state index contributed by atoms with van der Waals surface area (Å²) in [6, 6.07) is 9.24. The van der Waals surface area contributed by atoms with Gasteiger partial charge in [-0.1, -0.05) is 25.1 Å². The van der Waals surface area contributed by atoms with Crippen molar-refractivity contribution in [2.24, 2.45) is 13.0 Å². The Morgan fingerprint density at radius 1 is 1.19 bits per heavy atom. The number of aryl methyl sites for hydroxylation is 1. The number of hydrogen-bond acceptors (Lipinski definition) is 5. The first-order chi connectivity index (χ1) is 12.9. The molecular weight excluding hydrogens is 380 g/mol. The number of aromatic nitrogens is 1. The quantitative estimate of drug-likeness (QED) is 0.679. The largest absolute Gasteiger partial charge is 0.376 e. The fourth-order valence-electron chi connectivity index (χ4n) is 3.19. The number of fused-ring (bicyclic) bond motifs is 1. The Morgan fingerprint density at radius 2 is 1.89 bits per heavy atom. The second-order valence-electron chi connectivity index (χ2n) is 7.04. The van der Waals surface area contributed by atoms with E-state index >= 15 is 0 Å². The van der Waals surface area contributed by atoms with E-state index in [1.54, 1.807) is 30.8 Å². The molecule has 0 radical (unpaired) electrons. The zero-order valence-corrected chi connectivity index (χ0v) is 17.0. The summed E-state index contributed by atoms with van der Waals surface area (Å²) >= 11 is 1.29. The highest BCUT2D eigenvalue weighted by atomic mass is 32.2. The molecule has 1 N–H and O–H groups in total. The van der Waals surface area contributed by atoms with Crippen molar-refractivity contribution >= 4 is 36.9 Å². The summed E-state index contributed by atoms with van der Waals surface area (Å²) in [6.07, 6.45) is 4.24. The molecule has 0 atom stereocenters. The number of hydrogen-bond donors (Lipinski definition) is 1. The van der Waals surface area contributed by atoms with Crippen LogP contribution in [-0.2, 0) is 16.9 Å². The van der Waals surface area contributed by atoms with E-state index in [1.165, 1.54) is 24.2 Å². The van der Waals surface area contributed by atoms with Gasteiger partial charge in [0.2, 0.25) is 0 Å². The fourth-order valence-corrected chi connectivity index (χ4v) is 5.69. The van der Waals surface area contributed by atoms with Gasteiger partial charge in [-0.3, -0.25) is 4.79 Å². The third-order valence-electron chi connectivity index (χ3n) is 5.03. The Hall–Kier alpha value is -2.12. The topological polar surface area (TPSA) is 68.2 Å². The van der Waals surface area contributed by atoms with Crippen molar-refractivity contribution in [2.45, 2.75) is 24.0 Å². The average molecular weight is 403 g/mol. The molecule has 0 spiro atoms. The van der Waals surface area contributed by atoms with Crippen LogP contribution in [0, 0.1) is 5.92 Å². The first-order valence-electron chi connectivity index (χ1n) is 9.10. The molecule has 3 aromatic rings. The lowest BCUT2D eigenvalue weighted by molar-refractivity contribution is 0.599. The van der Waals surface area contributed by atoms with Crippen LogP contribution in [0.25, 0.3) is 21.9 Å². The number of sulfone groups is 1. The maximum atomic E-state index is 12.5. The number of pyridine rings is 1. The molecule has 1 aliphatic carbocycles. The van der Waals surface area contributed by atoms with Gasteiger partial charge >= 0.3 is 0 Å². The maximum Gasteiger partial charge on any atom is 0.258 e. The van der Waals surface area contributed by atoms with Crippen LogP contribution in [0.4, 0.5) is 5.00 Å². The molecule has 5 nitrogen and oxygen atoms in total. The molecule has 1 aliphatic rings. The predicted octanol–water partition coefficient (Wildman–Crippen LogP) is 3.88. The van der Waals surface area contributed by atoms with Crippen LogP contribution in [0.2, 0.25) is 0 Å². The normalized spacial score (nSPS) is 14.6. The second kappa shape index (κ2) is 6.80. The van der Waals surface area contributed by atoms with E-state index < -0.39 is 9.84 Å². The minimum atomic E-state index is -3.29. The summed E-state index contributed by atoms with van der Waals surface area (Å²) in [5.41, 5.74) is 1.66. The monoisotopic (exact) mass is 402 g/mol. The van der Waals surface area contributed by atoms with Crippen LogP contribution in [0.5, 0.6) is 0 Å². The SMILES string of the molecule is CCS(=O)(=O)c1cc(-c2cn(C)c(=O)c3ccccc23)c(NCC2CC2)s1. The van der Waals surface area contributed by atoms with Crippen molar-refractivity contribution in [3.05, 3.63) is 46.9 Å². The number of nitrogens with zero attached hydrogens (tertiary/aromatic N) is 1. The second-order valence-corrected chi connectivity index (χ2v) is 10.6. The molecule has 1 aromatic carbocycles. The van der Waals surface area contributed by atoms with E-state index in [9.17, 15) is 13.2 Å². The molecule has 0 bridgehead atoms. The van der Waals surface area contributed by atoms with E-state index in [-0.39, 0.29) is 11.3 Å². The predicted molar refractivity (Wildman–Crippen MR) is 111 cm³/mol. The van der Waals surface area contributed by atoms with Gasteiger partial charge in [0.1, 0.15) is 4.21 Å². The van der Waals surface area contributed by atoms with Gasteiger partial charge in [-0.05, 0) is 36.3 Å². The van der Waals surface area contributed by atoms with Crippen molar-refractivity contribution in [1.29, 1.82) is 0 Å². The van der Waals surface area contributed by atoms with Crippen molar-refractivity contribution in [3.63, 3.8) is 0 Å². The van der Waals surface area contributed by atoms with E-state index in [1.807, 2.05) is 24.3 Å². The van der Waals surface area contributed by atoms with Crippen molar-refractivity contribution in [2.75, 3.05) is 17.6 Å². The van der Waals surface area contributed by atoms with E-state index in [0.29, 0.717) is 15.5 Å². The minimum absolute atomic E-state index is 0.0570. The molecule has 0 unspecified atom stereocenters. The molecule has 2 heterocycles. The van der Waals surface area contributed by atoms with Crippen LogP contribution >= 0.6 is 11.3 Å². The lowest BCUT2D eigenvalue weighted by Gasteiger charge is -2.11. The molecule has 0 aliphatic heterocycles. The van der Waals surface area contributed by atoms with Crippen LogP contribution in [-0.4, -0.2) is 25.3 Å². The highest BCUT2D eigenvalue weighted by Gasteiger charge is 2.24. The minimum Gasteiger partial charge on any atom is -0.376 e.